The van der Waals surface area contributed by atoms with Crippen molar-refractivity contribution < 1.29 is 0 Å². The number of thiophene rings is 1. The van der Waals surface area contributed by atoms with Crippen molar-refractivity contribution in [3.05, 3.63) is 67.7 Å². The van der Waals surface area contributed by atoms with Gasteiger partial charge in [-0.1, -0.05) is 36.8 Å². The fourth-order valence-corrected chi connectivity index (χ4v) is 3.54. The number of aromatic nitrogens is 2. The number of benzene rings is 1. The average Bonchev–Trinajstić information content (AvgIpc) is 2.98. The van der Waals surface area contributed by atoms with Crippen molar-refractivity contribution in [2.24, 2.45) is 0 Å². The van der Waals surface area contributed by atoms with E-state index in [0.717, 1.165) is 23.1 Å². The highest BCUT2D eigenvalue weighted by atomic mass is 32.1. The third kappa shape index (κ3) is 2.52. The first-order valence-corrected chi connectivity index (χ1v) is 8.26. The average molecular weight is 314 g/mol. The Bertz CT molecular complexity index is 934. The summed E-state index contributed by atoms with van der Waals surface area (Å²) in [5.74, 6) is 0. The fraction of sp³-hybridized carbons (Fsp3) is 0.294. The van der Waals surface area contributed by atoms with E-state index in [1.807, 2.05) is 43.5 Å². The van der Waals surface area contributed by atoms with Gasteiger partial charge in [0.1, 0.15) is 4.70 Å². The van der Waals surface area contributed by atoms with Crippen LogP contribution in [-0.4, -0.2) is 9.13 Å². The van der Waals surface area contributed by atoms with E-state index in [9.17, 15) is 9.59 Å². The van der Waals surface area contributed by atoms with Gasteiger partial charge < -0.3 is 0 Å². The molecular formula is C17H18N2O2S. The molecule has 5 heteroatoms. The fourth-order valence-electron chi connectivity index (χ4n) is 2.70. The molecule has 0 spiro atoms. The summed E-state index contributed by atoms with van der Waals surface area (Å²) < 4.78 is 3.72. The van der Waals surface area contributed by atoms with Crippen molar-refractivity contribution in [1.29, 1.82) is 0 Å². The molecule has 0 aliphatic rings. The molecule has 0 aliphatic carbocycles. The number of hydrogen-bond donors (Lipinski definition) is 0. The molecule has 0 N–H and O–H groups in total. The van der Waals surface area contributed by atoms with E-state index in [-0.39, 0.29) is 11.2 Å². The summed E-state index contributed by atoms with van der Waals surface area (Å²) in [4.78, 5) is 25.1. The SMILES string of the molecule is CCCn1c(=O)c2sccc2n(Cc2cccc(C)c2)c1=O. The zero-order valence-corrected chi connectivity index (χ0v) is 13.5. The minimum atomic E-state index is -0.223. The zero-order chi connectivity index (χ0) is 15.7. The maximum absolute atomic E-state index is 12.7. The lowest BCUT2D eigenvalue weighted by Crippen LogP contribution is -2.39. The van der Waals surface area contributed by atoms with Crippen LogP contribution in [0.25, 0.3) is 10.2 Å². The van der Waals surface area contributed by atoms with Gasteiger partial charge in [0.25, 0.3) is 5.56 Å². The Morgan fingerprint density at radius 3 is 2.68 bits per heavy atom. The van der Waals surface area contributed by atoms with Crippen molar-refractivity contribution in [3.63, 3.8) is 0 Å². The van der Waals surface area contributed by atoms with Crippen LogP contribution in [0.15, 0.2) is 45.3 Å². The highest BCUT2D eigenvalue weighted by molar-refractivity contribution is 7.17. The second-order valence-electron chi connectivity index (χ2n) is 5.45. The van der Waals surface area contributed by atoms with Gasteiger partial charge >= 0.3 is 5.69 Å². The number of hydrogen-bond acceptors (Lipinski definition) is 3. The van der Waals surface area contributed by atoms with Crippen LogP contribution < -0.4 is 11.2 Å². The van der Waals surface area contributed by atoms with Crippen LogP contribution in [0.4, 0.5) is 0 Å². The highest BCUT2D eigenvalue weighted by Gasteiger charge is 2.13. The van der Waals surface area contributed by atoms with Crippen LogP contribution in [0.3, 0.4) is 0 Å². The smallest absolute Gasteiger partial charge is 0.288 e. The first-order chi connectivity index (χ1) is 10.6. The molecule has 0 fully saturated rings. The number of aryl methyl sites for hydroxylation is 1. The van der Waals surface area contributed by atoms with Gasteiger partial charge in [0.15, 0.2) is 0 Å². The second-order valence-corrected chi connectivity index (χ2v) is 6.37. The molecular weight excluding hydrogens is 296 g/mol. The van der Waals surface area contributed by atoms with Gasteiger partial charge in [-0.25, -0.2) is 4.79 Å². The lowest BCUT2D eigenvalue weighted by atomic mass is 10.1. The van der Waals surface area contributed by atoms with E-state index >= 15 is 0 Å². The molecule has 0 atom stereocenters. The normalized spacial score (nSPS) is 11.2. The summed E-state index contributed by atoms with van der Waals surface area (Å²) in [5, 5.41) is 1.87. The minimum Gasteiger partial charge on any atom is -0.288 e. The number of rotatable bonds is 4. The van der Waals surface area contributed by atoms with Crippen molar-refractivity contribution in [3.8, 4) is 0 Å². The Balaban J connectivity index is 2.22. The van der Waals surface area contributed by atoms with Gasteiger partial charge in [-0.2, -0.15) is 0 Å². The molecule has 0 unspecified atom stereocenters. The topological polar surface area (TPSA) is 44.0 Å². The Kier molecular flexibility index (Phi) is 3.98. The molecule has 22 heavy (non-hydrogen) atoms. The minimum absolute atomic E-state index is 0.169. The third-order valence-electron chi connectivity index (χ3n) is 3.71. The molecule has 1 aromatic carbocycles. The first kappa shape index (κ1) is 14.8. The Morgan fingerprint density at radius 2 is 1.95 bits per heavy atom. The molecule has 114 valence electrons. The van der Waals surface area contributed by atoms with E-state index in [0.29, 0.717) is 17.8 Å². The number of nitrogens with zero attached hydrogens (tertiary/aromatic N) is 2. The summed E-state index contributed by atoms with van der Waals surface area (Å²) in [7, 11) is 0. The molecule has 3 aromatic rings. The van der Waals surface area contributed by atoms with Crippen LogP contribution in [0.5, 0.6) is 0 Å². The third-order valence-corrected chi connectivity index (χ3v) is 4.60. The Hall–Kier alpha value is -2.14. The Morgan fingerprint density at radius 1 is 1.14 bits per heavy atom. The molecule has 0 radical (unpaired) electrons. The molecule has 2 aromatic heterocycles. The monoisotopic (exact) mass is 314 g/mol. The second kappa shape index (κ2) is 5.93. The van der Waals surface area contributed by atoms with E-state index < -0.39 is 0 Å². The van der Waals surface area contributed by atoms with Crippen LogP contribution in [0, 0.1) is 6.92 Å². The van der Waals surface area contributed by atoms with E-state index in [1.54, 1.807) is 4.57 Å². The first-order valence-electron chi connectivity index (χ1n) is 7.38. The predicted octanol–water partition coefficient (Wildman–Crippen LogP) is 2.99. The molecule has 4 nitrogen and oxygen atoms in total. The van der Waals surface area contributed by atoms with Gasteiger partial charge in [-0.15, -0.1) is 11.3 Å². The van der Waals surface area contributed by atoms with Crippen molar-refractivity contribution in [1.82, 2.24) is 9.13 Å². The molecule has 0 bridgehead atoms. The van der Waals surface area contributed by atoms with Crippen LogP contribution in [0.2, 0.25) is 0 Å². The van der Waals surface area contributed by atoms with Crippen molar-refractivity contribution in [2.75, 3.05) is 0 Å². The largest absolute Gasteiger partial charge is 0.331 e. The van der Waals surface area contributed by atoms with Crippen molar-refractivity contribution in [2.45, 2.75) is 33.4 Å². The Labute approximate surface area is 132 Å². The van der Waals surface area contributed by atoms with Gasteiger partial charge in [-0.3, -0.25) is 13.9 Å². The summed E-state index contributed by atoms with van der Waals surface area (Å²) >= 11 is 1.40. The zero-order valence-electron chi connectivity index (χ0n) is 12.7. The van der Waals surface area contributed by atoms with Crippen LogP contribution >= 0.6 is 11.3 Å². The summed E-state index contributed by atoms with van der Waals surface area (Å²) in [5.41, 5.74) is 2.57. The molecule has 0 saturated carbocycles. The lowest BCUT2D eigenvalue weighted by molar-refractivity contribution is 0.582. The van der Waals surface area contributed by atoms with Gasteiger partial charge in [0, 0.05) is 6.54 Å². The number of fused-ring (bicyclic) bond motifs is 1. The van der Waals surface area contributed by atoms with Crippen LogP contribution in [0.1, 0.15) is 24.5 Å². The van der Waals surface area contributed by atoms with Crippen molar-refractivity contribution >= 4 is 21.6 Å². The van der Waals surface area contributed by atoms with Crippen LogP contribution in [-0.2, 0) is 13.1 Å². The quantitative estimate of drug-likeness (QED) is 0.743. The summed E-state index contributed by atoms with van der Waals surface area (Å²) in [6.07, 6.45) is 0.760. The van der Waals surface area contributed by atoms with Gasteiger partial charge in [0.05, 0.1) is 12.1 Å². The molecule has 0 saturated heterocycles. The maximum atomic E-state index is 12.7. The highest BCUT2D eigenvalue weighted by Crippen LogP contribution is 2.16. The summed E-state index contributed by atoms with van der Waals surface area (Å²) in [6.45, 7) is 4.94. The van der Waals surface area contributed by atoms with Gasteiger partial charge in [0.2, 0.25) is 0 Å². The lowest BCUT2D eigenvalue weighted by Gasteiger charge is -2.12. The van der Waals surface area contributed by atoms with E-state index in [4.69, 9.17) is 0 Å². The van der Waals surface area contributed by atoms with Gasteiger partial charge in [-0.05, 0) is 30.4 Å². The summed E-state index contributed by atoms with van der Waals surface area (Å²) in [6, 6.07) is 9.95. The molecule has 0 aliphatic heterocycles. The predicted molar refractivity (Wildman–Crippen MR) is 90.9 cm³/mol. The molecule has 0 amide bonds. The molecule has 2 heterocycles. The maximum Gasteiger partial charge on any atom is 0.331 e. The standard InChI is InChI=1S/C17H18N2O2S/c1-3-8-18-16(20)15-14(7-9-22-15)19(17(18)21)11-13-6-4-5-12(2)10-13/h4-7,9-10H,3,8,11H2,1-2H3. The van der Waals surface area contributed by atoms with E-state index in [1.165, 1.54) is 15.9 Å². The molecule has 3 rings (SSSR count). The van der Waals surface area contributed by atoms with E-state index in [2.05, 4.69) is 6.07 Å².